The molecule has 94 valence electrons. The zero-order valence-corrected chi connectivity index (χ0v) is 9.57. The molecule has 0 unspecified atom stereocenters. The fraction of sp³-hybridized carbons (Fsp3) is 0.214. The molecule has 0 amide bonds. The summed E-state index contributed by atoms with van der Waals surface area (Å²) >= 11 is 0. The summed E-state index contributed by atoms with van der Waals surface area (Å²) in [6.07, 6.45) is -1.70. The third-order valence-corrected chi connectivity index (χ3v) is 2.74. The van der Waals surface area contributed by atoms with Gasteiger partial charge in [0.2, 0.25) is 0 Å². The molecule has 0 aliphatic rings. The van der Waals surface area contributed by atoms with Crippen molar-refractivity contribution >= 4 is 16.7 Å². The quantitative estimate of drug-likeness (QED) is 0.901. The first-order chi connectivity index (χ1) is 8.48. The lowest BCUT2D eigenvalue weighted by Gasteiger charge is -2.15. The fourth-order valence-corrected chi connectivity index (χ4v) is 2.01. The molecular formula is C14H12F2O2. The molecule has 0 aromatic heterocycles. The summed E-state index contributed by atoms with van der Waals surface area (Å²) in [7, 11) is 0. The Bertz CT molecular complexity index is 574. The number of rotatable bonds is 4. The van der Waals surface area contributed by atoms with Crippen molar-refractivity contribution in [3.05, 3.63) is 48.0 Å². The minimum atomic E-state index is -3.23. The van der Waals surface area contributed by atoms with Gasteiger partial charge in [-0.05, 0) is 16.3 Å². The molecule has 4 heteroatoms. The van der Waals surface area contributed by atoms with E-state index in [-0.39, 0.29) is 0 Å². The lowest BCUT2D eigenvalue weighted by Crippen LogP contribution is -2.23. The van der Waals surface area contributed by atoms with Gasteiger partial charge in [-0.3, -0.25) is 4.79 Å². The summed E-state index contributed by atoms with van der Waals surface area (Å²) in [5.74, 6) is -4.71. The number of carbonyl (C=O) groups is 1. The molecule has 0 radical (unpaired) electrons. The molecule has 0 saturated carbocycles. The average molecular weight is 250 g/mol. The maximum atomic E-state index is 13.5. The molecule has 0 spiro atoms. The van der Waals surface area contributed by atoms with E-state index in [2.05, 4.69) is 0 Å². The largest absolute Gasteiger partial charge is 0.481 e. The molecule has 0 aliphatic carbocycles. The van der Waals surface area contributed by atoms with Crippen LogP contribution in [0.1, 0.15) is 12.0 Å². The summed E-state index contributed by atoms with van der Waals surface area (Å²) in [5, 5.41) is 10.1. The van der Waals surface area contributed by atoms with Crippen molar-refractivity contribution in [1.82, 2.24) is 0 Å². The molecule has 2 aromatic rings. The third-order valence-electron chi connectivity index (χ3n) is 2.74. The van der Waals surface area contributed by atoms with Gasteiger partial charge < -0.3 is 5.11 Å². The van der Waals surface area contributed by atoms with E-state index in [0.29, 0.717) is 5.56 Å². The molecule has 0 saturated heterocycles. The first-order valence-electron chi connectivity index (χ1n) is 5.54. The smallest absolute Gasteiger partial charge is 0.309 e. The van der Waals surface area contributed by atoms with Crippen LogP contribution >= 0.6 is 0 Å². The van der Waals surface area contributed by atoms with Crippen molar-refractivity contribution in [2.75, 3.05) is 0 Å². The van der Waals surface area contributed by atoms with E-state index in [0.717, 1.165) is 10.8 Å². The highest BCUT2D eigenvalue weighted by Gasteiger charge is 2.32. The zero-order chi connectivity index (χ0) is 13.2. The van der Waals surface area contributed by atoms with Crippen molar-refractivity contribution in [3.8, 4) is 0 Å². The van der Waals surface area contributed by atoms with Gasteiger partial charge >= 0.3 is 5.97 Å². The van der Waals surface area contributed by atoms with Gasteiger partial charge in [-0.15, -0.1) is 0 Å². The first-order valence-corrected chi connectivity index (χ1v) is 5.54. The maximum Gasteiger partial charge on any atom is 0.309 e. The number of alkyl halides is 2. The van der Waals surface area contributed by atoms with Crippen LogP contribution in [0.5, 0.6) is 0 Å². The Kier molecular flexibility index (Phi) is 3.28. The van der Waals surface area contributed by atoms with Crippen LogP contribution in [0.15, 0.2) is 42.5 Å². The van der Waals surface area contributed by atoms with Crippen LogP contribution in [0.25, 0.3) is 10.8 Å². The highest BCUT2D eigenvalue weighted by Crippen LogP contribution is 2.28. The lowest BCUT2D eigenvalue weighted by atomic mass is 9.98. The van der Waals surface area contributed by atoms with Crippen molar-refractivity contribution < 1.29 is 18.7 Å². The first kappa shape index (κ1) is 12.5. The van der Waals surface area contributed by atoms with E-state index >= 15 is 0 Å². The summed E-state index contributed by atoms with van der Waals surface area (Å²) in [5.41, 5.74) is 0.472. The van der Waals surface area contributed by atoms with Crippen LogP contribution < -0.4 is 0 Å². The molecule has 2 aromatic carbocycles. The minimum Gasteiger partial charge on any atom is -0.481 e. The topological polar surface area (TPSA) is 37.3 Å². The molecule has 2 rings (SSSR count). The molecule has 1 N–H and O–H groups in total. The van der Waals surface area contributed by atoms with E-state index in [1.54, 1.807) is 24.3 Å². The van der Waals surface area contributed by atoms with Crippen LogP contribution in [0, 0.1) is 0 Å². The van der Waals surface area contributed by atoms with Crippen LogP contribution in [-0.2, 0) is 11.2 Å². The predicted octanol–water partition coefficient (Wildman–Crippen LogP) is 3.49. The van der Waals surface area contributed by atoms with Crippen molar-refractivity contribution in [2.45, 2.75) is 18.8 Å². The number of carboxylic acids is 1. The number of hydrogen-bond donors (Lipinski definition) is 1. The lowest BCUT2D eigenvalue weighted by molar-refractivity contribution is -0.144. The highest BCUT2D eigenvalue weighted by molar-refractivity contribution is 5.85. The Labute approximate surface area is 103 Å². The van der Waals surface area contributed by atoms with Crippen LogP contribution in [0.3, 0.4) is 0 Å². The van der Waals surface area contributed by atoms with E-state index in [1.807, 2.05) is 18.2 Å². The van der Waals surface area contributed by atoms with Gasteiger partial charge in [0.15, 0.2) is 0 Å². The van der Waals surface area contributed by atoms with Crippen molar-refractivity contribution in [2.24, 2.45) is 0 Å². The fourth-order valence-electron chi connectivity index (χ4n) is 2.01. The van der Waals surface area contributed by atoms with E-state index in [1.165, 1.54) is 0 Å². The number of halogens is 2. The molecular weight excluding hydrogens is 238 g/mol. The molecule has 2 nitrogen and oxygen atoms in total. The predicted molar refractivity (Wildman–Crippen MR) is 64.9 cm³/mol. The molecule has 0 fully saturated rings. The molecule has 0 atom stereocenters. The van der Waals surface area contributed by atoms with E-state index < -0.39 is 24.7 Å². The Morgan fingerprint density at radius 3 is 2.50 bits per heavy atom. The second-order valence-corrected chi connectivity index (χ2v) is 4.24. The van der Waals surface area contributed by atoms with Gasteiger partial charge in [-0.25, -0.2) is 8.78 Å². The van der Waals surface area contributed by atoms with Crippen LogP contribution in [-0.4, -0.2) is 17.0 Å². The Hall–Kier alpha value is -1.97. The van der Waals surface area contributed by atoms with Gasteiger partial charge in [0, 0.05) is 6.42 Å². The average Bonchev–Trinajstić information content (AvgIpc) is 2.27. The van der Waals surface area contributed by atoms with Crippen molar-refractivity contribution in [1.29, 1.82) is 0 Å². The zero-order valence-electron chi connectivity index (χ0n) is 9.57. The van der Waals surface area contributed by atoms with Crippen LogP contribution in [0.2, 0.25) is 0 Å². The maximum absolute atomic E-state index is 13.5. The molecule has 18 heavy (non-hydrogen) atoms. The normalized spacial score (nSPS) is 11.7. The number of carboxylic acid groups (broad SMARTS) is 1. The van der Waals surface area contributed by atoms with Gasteiger partial charge in [0.1, 0.15) is 6.42 Å². The minimum absolute atomic E-state index is 0.472. The van der Waals surface area contributed by atoms with Gasteiger partial charge in [-0.1, -0.05) is 42.5 Å². The van der Waals surface area contributed by atoms with Gasteiger partial charge in [-0.2, -0.15) is 0 Å². The number of aliphatic carboxylic acids is 1. The molecule has 0 heterocycles. The van der Waals surface area contributed by atoms with Gasteiger partial charge in [0.05, 0.1) is 0 Å². The second-order valence-electron chi connectivity index (χ2n) is 4.24. The van der Waals surface area contributed by atoms with E-state index in [9.17, 15) is 13.6 Å². The molecule has 0 bridgehead atoms. The van der Waals surface area contributed by atoms with Crippen LogP contribution in [0.4, 0.5) is 8.78 Å². The van der Waals surface area contributed by atoms with Gasteiger partial charge in [0.25, 0.3) is 5.92 Å². The summed E-state index contributed by atoms with van der Waals surface area (Å²) in [6.45, 7) is 0. The summed E-state index contributed by atoms with van der Waals surface area (Å²) in [6, 6.07) is 12.4. The highest BCUT2D eigenvalue weighted by atomic mass is 19.3. The summed E-state index contributed by atoms with van der Waals surface area (Å²) < 4.78 is 27.0. The van der Waals surface area contributed by atoms with E-state index in [4.69, 9.17) is 5.11 Å². The second kappa shape index (κ2) is 4.72. The summed E-state index contributed by atoms with van der Waals surface area (Å²) in [4.78, 5) is 10.4. The number of benzene rings is 2. The number of hydrogen-bond acceptors (Lipinski definition) is 1. The monoisotopic (exact) mass is 250 g/mol. The standard InChI is InChI=1S/C14H12F2O2/c15-14(16,9-13(17)18)8-11-6-3-5-10-4-1-2-7-12(10)11/h1-7H,8-9H2,(H,17,18). The van der Waals surface area contributed by atoms with Crippen molar-refractivity contribution in [3.63, 3.8) is 0 Å². The Morgan fingerprint density at radius 2 is 1.78 bits per heavy atom. The number of fused-ring (bicyclic) bond motifs is 1. The molecule has 0 aliphatic heterocycles. The Balaban J connectivity index is 2.34. The Morgan fingerprint density at radius 1 is 1.11 bits per heavy atom. The SMILES string of the molecule is O=C(O)CC(F)(F)Cc1cccc2ccccc12. The third kappa shape index (κ3) is 2.83.